The molecular formula is C16H14N2O5. The second kappa shape index (κ2) is 6.27. The average molecular weight is 314 g/mol. The van der Waals surface area contributed by atoms with Crippen LogP contribution < -0.4 is 19.6 Å². The summed E-state index contributed by atoms with van der Waals surface area (Å²) in [6.45, 7) is 0.204. The zero-order valence-corrected chi connectivity index (χ0v) is 12.3. The average Bonchev–Trinajstić information content (AvgIpc) is 3.03. The minimum absolute atomic E-state index is 0.0343. The van der Waals surface area contributed by atoms with Crippen molar-refractivity contribution < 1.29 is 24.1 Å². The van der Waals surface area contributed by atoms with Gasteiger partial charge in [0.1, 0.15) is 0 Å². The Hall–Kier alpha value is -3.22. The van der Waals surface area contributed by atoms with Crippen LogP contribution in [0.25, 0.3) is 0 Å². The molecular weight excluding hydrogens is 300 g/mol. The number of ether oxygens (including phenoxy) is 3. The Kier molecular flexibility index (Phi) is 4.01. The standard InChI is InChI=1S/C16H14N2O5/c1-21-14-7-11(3-4-12(14)19)16(20)18-17-8-10-2-5-13-15(6-10)23-9-22-13/h2-8,19H,9H2,1H3,(H,18,20)/b17-8+. The molecule has 2 N–H and O–H groups in total. The number of carbonyl (C=O) groups is 1. The summed E-state index contributed by atoms with van der Waals surface area (Å²) in [6, 6.07) is 9.63. The number of carbonyl (C=O) groups excluding carboxylic acids is 1. The largest absolute Gasteiger partial charge is 0.504 e. The number of hydrogen-bond donors (Lipinski definition) is 2. The highest BCUT2D eigenvalue weighted by atomic mass is 16.7. The molecule has 1 aliphatic heterocycles. The molecule has 7 heteroatoms. The third-order valence-electron chi connectivity index (χ3n) is 3.22. The van der Waals surface area contributed by atoms with E-state index in [1.807, 2.05) is 0 Å². The molecule has 23 heavy (non-hydrogen) atoms. The number of hydrazone groups is 1. The van der Waals surface area contributed by atoms with E-state index in [1.54, 1.807) is 18.2 Å². The van der Waals surface area contributed by atoms with Crippen LogP contribution in [0.2, 0.25) is 0 Å². The molecule has 7 nitrogen and oxygen atoms in total. The Balaban J connectivity index is 1.66. The summed E-state index contributed by atoms with van der Waals surface area (Å²) in [5.41, 5.74) is 3.49. The first-order valence-electron chi connectivity index (χ1n) is 6.77. The van der Waals surface area contributed by atoms with Crippen LogP contribution in [0.1, 0.15) is 15.9 Å². The number of phenolic OH excluding ortho intramolecular Hbond substituents is 1. The van der Waals surface area contributed by atoms with E-state index in [-0.39, 0.29) is 18.3 Å². The van der Waals surface area contributed by atoms with E-state index in [2.05, 4.69) is 10.5 Å². The van der Waals surface area contributed by atoms with Crippen molar-refractivity contribution in [2.24, 2.45) is 5.10 Å². The highest BCUT2D eigenvalue weighted by molar-refractivity contribution is 5.95. The maximum Gasteiger partial charge on any atom is 0.271 e. The van der Waals surface area contributed by atoms with Crippen molar-refractivity contribution in [2.75, 3.05) is 13.9 Å². The lowest BCUT2D eigenvalue weighted by atomic mass is 10.2. The number of nitrogens with zero attached hydrogens (tertiary/aromatic N) is 1. The minimum Gasteiger partial charge on any atom is -0.504 e. The molecule has 0 saturated carbocycles. The molecule has 0 spiro atoms. The third-order valence-corrected chi connectivity index (χ3v) is 3.22. The van der Waals surface area contributed by atoms with Gasteiger partial charge in [-0.15, -0.1) is 0 Å². The van der Waals surface area contributed by atoms with Gasteiger partial charge < -0.3 is 19.3 Å². The first kappa shape index (κ1) is 14.7. The monoisotopic (exact) mass is 314 g/mol. The van der Waals surface area contributed by atoms with E-state index in [9.17, 15) is 9.90 Å². The van der Waals surface area contributed by atoms with Gasteiger partial charge in [0.25, 0.3) is 5.91 Å². The Bertz CT molecular complexity index is 773. The van der Waals surface area contributed by atoms with Crippen molar-refractivity contribution >= 4 is 12.1 Å². The lowest BCUT2D eigenvalue weighted by Gasteiger charge is -2.05. The molecule has 0 saturated heterocycles. The molecule has 0 fully saturated rings. The van der Waals surface area contributed by atoms with Gasteiger partial charge in [-0.3, -0.25) is 4.79 Å². The minimum atomic E-state index is -0.416. The molecule has 1 heterocycles. The Morgan fingerprint density at radius 3 is 2.91 bits per heavy atom. The molecule has 1 aliphatic rings. The molecule has 0 unspecified atom stereocenters. The number of hydrogen-bond acceptors (Lipinski definition) is 6. The van der Waals surface area contributed by atoms with Gasteiger partial charge in [-0.1, -0.05) is 0 Å². The Morgan fingerprint density at radius 1 is 1.26 bits per heavy atom. The molecule has 0 atom stereocenters. The topological polar surface area (TPSA) is 89.4 Å². The number of methoxy groups -OCH3 is 1. The van der Waals surface area contributed by atoms with Crippen LogP contribution in [-0.4, -0.2) is 31.1 Å². The van der Waals surface area contributed by atoms with Crippen LogP contribution in [0.4, 0.5) is 0 Å². The lowest BCUT2D eigenvalue weighted by molar-refractivity contribution is 0.0954. The summed E-state index contributed by atoms with van der Waals surface area (Å²) >= 11 is 0. The lowest BCUT2D eigenvalue weighted by Crippen LogP contribution is -2.17. The van der Waals surface area contributed by atoms with Crippen LogP contribution in [0, 0.1) is 0 Å². The van der Waals surface area contributed by atoms with Gasteiger partial charge in [0.2, 0.25) is 6.79 Å². The van der Waals surface area contributed by atoms with E-state index >= 15 is 0 Å². The van der Waals surface area contributed by atoms with Crippen LogP contribution >= 0.6 is 0 Å². The SMILES string of the molecule is COc1cc(C(=O)N/N=C/c2ccc3c(c2)OCO3)ccc1O. The summed E-state index contributed by atoms with van der Waals surface area (Å²) in [5.74, 6) is 1.09. The molecule has 118 valence electrons. The van der Waals surface area contributed by atoms with Gasteiger partial charge >= 0.3 is 0 Å². The van der Waals surface area contributed by atoms with Crippen molar-refractivity contribution in [3.63, 3.8) is 0 Å². The molecule has 2 aromatic rings. The van der Waals surface area contributed by atoms with Crippen molar-refractivity contribution in [1.82, 2.24) is 5.43 Å². The normalized spacial score (nSPS) is 12.4. The quantitative estimate of drug-likeness (QED) is 0.664. The maximum atomic E-state index is 12.0. The van der Waals surface area contributed by atoms with Gasteiger partial charge in [0.15, 0.2) is 23.0 Å². The van der Waals surface area contributed by atoms with Crippen molar-refractivity contribution in [1.29, 1.82) is 0 Å². The predicted octanol–water partition coefficient (Wildman–Crippen LogP) is 1.89. The molecule has 2 aromatic carbocycles. The predicted molar refractivity (Wildman–Crippen MR) is 82.3 cm³/mol. The number of amides is 1. The van der Waals surface area contributed by atoms with Crippen molar-refractivity contribution in [3.05, 3.63) is 47.5 Å². The number of nitrogens with one attached hydrogen (secondary N) is 1. The van der Waals surface area contributed by atoms with E-state index in [1.165, 1.54) is 31.5 Å². The summed E-state index contributed by atoms with van der Waals surface area (Å²) < 4.78 is 15.4. The number of rotatable bonds is 4. The van der Waals surface area contributed by atoms with E-state index in [0.717, 1.165) is 5.56 Å². The van der Waals surface area contributed by atoms with E-state index < -0.39 is 5.91 Å². The summed E-state index contributed by atoms with van der Waals surface area (Å²) in [4.78, 5) is 12.0. The zero-order valence-electron chi connectivity index (χ0n) is 12.3. The number of fused-ring (bicyclic) bond motifs is 1. The molecule has 0 bridgehead atoms. The van der Waals surface area contributed by atoms with Crippen LogP contribution in [-0.2, 0) is 0 Å². The summed E-state index contributed by atoms with van der Waals surface area (Å²) in [6.07, 6.45) is 1.50. The first-order valence-corrected chi connectivity index (χ1v) is 6.77. The number of phenols is 1. The molecule has 0 radical (unpaired) electrons. The number of benzene rings is 2. The molecule has 0 aromatic heterocycles. The Labute approximate surface area is 132 Å². The Morgan fingerprint density at radius 2 is 2.09 bits per heavy atom. The maximum absolute atomic E-state index is 12.0. The van der Waals surface area contributed by atoms with E-state index in [4.69, 9.17) is 14.2 Å². The van der Waals surface area contributed by atoms with Gasteiger partial charge in [-0.05, 0) is 42.0 Å². The number of aromatic hydroxyl groups is 1. The first-order chi connectivity index (χ1) is 11.2. The second-order valence-electron chi connectivity index (χ2n) is 4.70. The zero-order chi connectivity index (χ0) is 16.2. The fourth-order valence-corrected chi connectivity index (χ4v) is 2.04. The summed E-state index contributed by atoms with van der Waals surface area (Å²) in [5, 5.41) is 13.4. The fraction of sp³-hybridized carbons (Fsp3) is 0.125. The van der Waals surface area contributed by atoms with Crippen molar-refractivity contribution in [2.45, 2.75) is 0 Å². The highest BCUT2D eigenvalue weighted by Gasteiger charge is 2.12. The van der Waals surface area contributed by atoms with Crippen molar-refractivity contribution in [3.8, 4) is 23.0 Å². The highest BCUT2D eigenvalue weighted by Crippen LogP contribution is 2.32. The second-order valence-corrected chi connectivity index (χ2v) is 4.70. The smallest absolute Gasteiger partial charge is 0.271 e. The van der Waals surface area contributed by atoms with Gasteiger partial charge in [-0.25, -0.2) is 5.43 Å². The van der Waals surface area contributed by atoms with Gasteiger partial charge in [0.05, 0.1) is 13.3 Å². The fourth-order valence-electron chi connectivity index (χ4n) is 2.04. The van der Waals surface area contributed by atoms with Crippen LogP contribution in [0.5, 0.6) is 23.0 Å². The van der Waals surface area contributed by atoms with Gasteiger partial charge in [-0.2, -0.15) is 5.10 Å². The molecule has 3 rings (SSSR count). The molecule has 0 aliphatic carbocycles. The molecule has 1 amide bonds. The van der Waals surface area contributed by atoms with Crippen LogP contribution in [0.15, 0.2) is 41.5 Å². The summed E-state index contributed by atoms with van der Waals surface area (Å²) in [7, 11) is 1.41. The van der Waals surface area contributed by atoms with Gasteiger partial charge in [0, 0.05) is 5.56 Å². The third kappa shape index (κ3) is 3.18. The van der Waals surface area contributed by atoms with E-state index in [0.29, 0.717) is 17.1 Å². The van der Waals surface area contributed by atoms with Crippen LogP contribution in [0.3, 0.4) is 0 Å².